The molecule has 9 nitrogen and oxygen atoms in total. The number of carbonyl (C=O) groups is 3. The van der Waals surface area contributed by atoms with Crippen LogP contribution < -0.4 is 14.4 Å². The zero-order chi connectivity index (χ0) is 28.4. The number of hydrogen-bond donors (Lipinski definition) is 1. The van der Waals surface area contributed by atoms with Crippen LogP contribution in [-0.4, -0.2) is 64.6 Å². The molecule has 0 unspecified atom stereocenters. The Morgan fingerprint density at radius 1 is 1.20 bits per heavy atom. The zero-order valence-electron chi connectivity index (χ0n) is 21.7. The SMILES string of the molecule is C[C@H](CC(=O)O)Oc1ccccc1-c1ccc(C(=O)N2CCC(N3C(=O)COc4ncc(Cl)cc43)CC2)c(F)c1. The van der Waals surface area contributed by atoms with Gasteiger partial charge in [-0.25, -0.2) is 9.37 Å². The predicted octanol–water partition coefficient (Wildman–Crippen LogP) is 4.81. The summed E-state index contributed by atoms with van der Waals surface area (Å²) in [6.45, 7) is 2.22. The standard InChI is InChI=1S/C29H27ClFN3O6/c1-17(12-27(36)37)40-25-5-3-2-4-21(25)18-6-7-22(23(31)13-18)29(38)33-10-8-20(9-11-33)34-24-14-19(30)15-32-28(24)39-16-26(34)35/h2-7,13-15,17,20H,8-12,16H2,1H3,(H,36,37)/t17-/m1/s1. The Labute approximate surface area is 235 Å². The van der Waals surface area contributed by atoms with Gasteiger partial charge in [-0.3, -0.25) is 14.4 Å². The maximum absolute atomic E-state index is 15.3. The zero-order valence-corrected chi connectivity index (χ0v) is 22.4. The normalized spacial score (nSPS) is 16.2. The lowest BCUT2D eigenvalue weighted by atomic mass is 9.99. The Balaban J connectivity index is 1.28. The van der Waals surface area contributed by atoms with Gasteiger partial charge >= 0.3 is 5.97 Å². The van der Waals surface area contributed by atoms with Crippen LogP contribution in [0.25, 0.3) is 11.1 Å². The summed E-state index contributed by atoms with van der Waals surface area (Å²) < 4.78 is 26.5. The van der Waals surface area contributed by atoms with Crippen LogP contribution in [0.2, 0.25) is 5.02 Å². The molecule has 2 aliphatic rings. The number of hydrogen-bond acceptors (Lipinski definition) is 6. The molecule has 1 saturated heterocycles. The Morgan fingerprint density at radius 3 is 2.67 bits per heavy atom. The third kappa shape index (κ3) is 5.72. The highest BCUT2D eigenvalue weighted by atomic mass is 35.5. The van der Waals surface area contributed by atoms with Gasteiger partial charge in [-0.1, -0.05) is 35.9 Å². The molecule has 1 N–H and O–H groups in total. The molecule has 2 aromatic carbocycles. The van der Waals surface area contributed by atoms with Crippen LogP contribution >= 0.6 is 11.6 Å². The van der Waals surface area contributed by atoms with E-state index in [0.717, 1.165) is 0 Å². The first-order valence-electron chi connectivity index (χ1n) is 12.9. The number of anilines is 1. The van der Waals surface area contributed by atoms with Gasteiger partial charge in [0, 0.05) is 30.9 Å². The number of halogens is 2. The maximum atomic E-state index is 15.3. The van der Waals surface area contributed by atoms with Crippen molar-refractivity contribution in [2.24, 2.45) is 0 Å². The number of nitrogens with zero attached hydrogens (tertiary/aromatic N) is 3. The number of fused-ring (bicyclic) bond motifs is 1. The Hall–Kier alpha value is -4.18. The fourth-order valence-corrected chi connectivity index (χ4v) is 5.25. The van der Waals surface area contributed by atoms with E-state index in [-0.39, 0.29) is 30.5 Å². The quantitative estimate of drug-likeness (QED) is 0.436. The number of likely N-dealkylation sites (tertiary alicyclic amines) is 1. The van der Waals surface area contributed by atoms with Crippen molar-refractivity contribution >= 4 is 35.1 Å². The topological polar surface area (TPSA) is 109 Å². The molecule has 1 atom stereocenters. The van der Waals surface area contributed by atoms with E-state index in [4.69, 9.17) is 26.2 Å². The van der Waals surface area contributed by atoms with Gasteiger partial charge in [-0.05, 0) is 49.6 Å². The van der Waals surface area contributed by atoms with Crippen LogP contribution in [-0.2, 0) is 9.59 Å². The predicted molar refractivity (Wildman–Crippen MR) is 145 cm³/mol. The average Bonchev–Trinajstić information content (AvgIpc) is 2.92. The summed E-state index contributed by atoms with van der Waals surface area (Å²) in [6.07, 6.45) is 1.71. The number of carbonyl (C=O) groups excluding carboxylic acids is 2. The molecule has 2 aliphatic heterocycles. The molecular formula is C29H27ClFN3O6. The van der Waals surface area contributed by atoms with E-state index in [1.807, 2.05) is 0 Å². The number of carboxylic acids is 1. The molecule has 0 spiro atoms. The number of ether oxygens (including phenoxy) is 2. The lowest BCUT2D eigenvalue weighted by Crippen LogP contribution is -2.51. The summed E-state index contributed by atoms with van der Waals surface area (Å²) >= 11 is 6.10. The minimum absolute atomic E-state index is 0.0522. The van der Waals surface area contributed by atoms with Gasteiger partial charge in [-0.2, -0.15) is 0 Å². The van der Waals surface area contributed by atoms with Gasteiger partial charge in [-0.15, -0.1) is 0 Å². The highest BCUT2D eigenvalue weighted by Gasteiger charge is 2.36. The fourth-order valence-electron chi connectivity index (χ4n) is 5.10. The number of rotatable bonds is 7. The second kappa shape index (κ2) is 11.5. The van der Waals surface area contributed by atoms with Gasteiger partial charge in [0.25, 0.3) is 11.8 Å². The van der Waals surface area contributed by atoms with Gasteiger partial charge in [0.05, 0.1) is 17.0 Å². The highest BCUT2D eigenvalue weighted by molar-refractivity contribution is 6.30. The first-order valence-corrected chi connectivity index (χ1v) is 13.3. The molecule has 40 heavy (non-hydrogen) atoms. The van der Waals surface area contributed by atoms with Crippen molar-refractivity contribution in [3.05, 3.63) is 71.1 Å². The third-order valence-corrected chi connectivity index (χ3v) is 7.17. The van der Waals surface area contributed by atoms with Crippen molar-refractivity contribution in [3.63, 3.8) is 0 Å². The molecule has 0 saturated carbocycles. The van der Waals surface area contributed by atoms with E-state index in [2.05, 4.69) is 4.98 Å². The van der Waals surface area contributed by atoms with Crippen LogP contribution in [0, 0.1) is 5.82 Å². The van der Waals surface area contributed by atoms with Gasteiger partial charge < -0.3 is 24.4 Å². The second-order valence-corrected chi connectivity index (χ2v) is 10.2. The number of piperidine rings is 1. The second-order valence-electron chi connectivity index (χ2n) is 9.77. The number of pyridine rings is 1. The Kier molecular flexibility index (Phi) is 7.88. The lowest BCUT2D eigenvalue weighted by molar-refractivity contribution is -0.138. The number of para-hydroxylation sites is 1. The van der Waals surface area contributed by atoms with Gasteiger partial charge in [0.15, 0.2) is 6.61 Å². The molecule has 3 heterocycles. The smallest absolute Gasteiger partial charge is 0.307 e. The number of aromatic nitrogens is 1. The van der Waals surface area contributed by atoms with Crippen molar-refractivity contribution in [1.29, 1.82) is 0 Å². The van der Waals surface area contributed by atoms with Crippen LogP contribution in [0.5, 0.6) is 11.6 Å². The molecule has 208 valence electrons. The summed E-state index contributed by atoms with van der Waals surface area (Å²) in [7, 11) is 0. The molecular weight excluding hydrogens is 541 g/mol. The summed E-state index contributed by atoms with van der Waals surface area (Å²) in [5.74, 6) is -1.52. The molecule has 0 bridgehead atoms. The Bertz CT molecular complexity index is 1460. The monoisotopic (exact) mass is 567 g/mol. The summed E-state index contributed by atoms with van der Waals surface area (Å²) in [5, 5.41) is 9.41. The van der Waals surface area contributed by atoms with E-state index >= 15 is 4.39 Å². The van der Waals surface area contributed by atoms with E-state index < -0.39 is 23.8 Å². The fraction of sp³-hybridized carbons (Fsp3) is 0.310. The summed E-state index contributed by atoms with van der Waals surface area (Å²) in [4.78, 5) is 44.3. The van der Waals surface area contributed by atoms with E-state index in [1.165, 1.54) is 18.3 Å². The molecule has 5 rings (SSSR count). The van der Waals surface area contributed by atoms with Crippen molar-refractivity contribution in [3.8, 4) is 22.8 Å². The maximum Gasteiger partial charge on any atom is 0.307 e. The molecule has 3 aromatic rings. The number of amides is 2. The van der Waals surface area contributed by atoms with E-state index in [1.54, 1.807) is 53.1 Å². The largest absolute Gasteiger partial charge is 0.489 e. The molecule has 0 radical (unpaired) electrons. The van der Waals surface area contributed by atoms with Crippen molar-refractivity contribution in [1.82, 2.24) is 9.88 Å². The molecule has 0 aliphatic carbocycles. The van der Waals surface area contributed by atoms with E-state index in [9.17, 15) is 14.4 Å². The van der Waals surface area contributed by atoms with Crippen LogP contribution in [0.15, 0.2) is 54.7 Å². The Morgan fingerprint density at radius 2 is 1.95 bits per heavy atom. The molecule has 2 amide bonds. The number of carboxylic acid groups (broad SMARTS) is 1. The van der Waals surface area contributed by atoms with Crippen LogP contribution in [0.4, 0.5) is 10.1 Å². The average molecular weight is 568 g/mol. The first-order chi connectivity index (χ1) is 19.2. The summed E-state index contributed by atoms with van der Waals surface area (Å²) in [6, 6.07) is 12.8. The molecule has 11 heteroatoms. The van der Waals surface area contributed by atoms with Gasteiger partial charge in [0.2, 0.25) is 5.88 Å². The minimum atomic E-state index is -0.981. The lowest BCUT2D eigenvalue weighted by Gasteiger charge is -2.40. The summed E-state index contributed by atoms with van der Waals surface area (Å²) in [5.41, 5.74) is 1.55. The van der Waals surface area contributed by atoms with Crippen molar-refractivity contribution in [2.75, 3.05) is 24.6 Å². The van der Waals surface area contributed by atoms with Gasteiger partial charge in [0.1, 0.15) is 23.4 Å². The van der Waals surface area contributed by atoms with Crippen molar-refractivity contribution < 1.29 is 33.4 Å². The highest BCUT2D eigenvalue weighted by Crippen LogP contribution is 2.36. The number of benzene rings is 2. The van der Waals surface area contributed by atoms with Crippen LogP contribution in [0.1, 0.15) is 36.5 Å². The first kappa shape index (κ1) is 27.4. The van der Waals surface area contributed by atoms with E-state index in [0.29, 0.717) is 59.4 Å². The van der Waals surface area contributed by atoms with Crippen molar-refractivity contribution in [2.45, 2.75) is 38.3 Å². The number of aliphatic carboxylic acids is 1. The minimum Gasteiger partial charge on any atom is -0.489 e. The third-order valence-electron chi connectivity index (χ3n) is 6.96. The molecule has 1 fully saturated rings. The van der Waals surface area contributed by atoms with Crippen LogP contribution in [0.3, 0.4) is 0 Å². The molecule has 1 aromatic heterocycles.